The molecule has 0 aliphatic carbocycles. The van der Waals surface area contributed by atoms with Gasteiger partial charge in [-0.05, 0) is 31.1 Å². The summed E-state index contributed by atoms with van der Waals surface area (Å²) in [6.45, 7) is 3.51. The topological polar surface area (TPSA) is 99.0 Å². The van der Waals surface area contributed by atoms with Crippen LogP contribution in [0.25, 0.3) is 6.08 Å². The number of allylic oxidation sites excluding steroid dienone is 2. The number of cyclic esters (lactones) is 2. The Bertz CT molecular complexity index is 1190. The first-order chi connectivity index (χ1) is 15.8. The molecule has 2 aliphatic heterocycles. The fraction of sp³-hybridized carbons (Fsp3) is 0.200. The Kier molecular flexibility index (Phi) is 5.83. The van der Waals surface area contributed by atoms with Gasteiger partial charge in [0.25, 0.3) is 12.0 Å². The third-order valence-corrected chi connectivity index (χ3v) is 5.91. The second-order valence-electron chi connectivity index (χ2n) is 7.79. The van der Waals surface area contributed by atoms with Gasteiger partial charge in [0.1, 0.15) is 0 Å². The standard InChI is InChI=1S/C25H22N2O6/c1-15-21-23(18-10-7-11-19(14-18)27(30)31)22(16(2)26(15)3)25(29)33-20(32-24(21)28)13-12-17-8-5-4-6-9-17/h4-14,20,23H,1-3H3. The second kappa shape index (κ2) is 8.74. The van der Waals surface area contributed by atoms with Gasteiger partial charge in [0.05, 0.1) is 22.0 Å². The van der Waals surface area contributed by atoms with Crippen LogP contribution in [-0.4, -0.2) is 35.1 Å². The van der Waals surface area contributed by atoms with E-state index in [1.807, 2.05) is 30.3 Å². The molecule has 0 aromatic heterocycles. The zero-order valence-electron chi connectivity index (χ0n) is 18.3. The van der Waals surface area contributed by atoms with Gasteiger partial charge in [0, 0.05) is 30.6 Å². The molecule has 4 rings (SSSR count). The predicted octanol–water partition coefficient (Wildman–Crippen LogP) is 4.31. The fourth-order valence-corrected chi connectivity index (χ4v) is 4.05. The van der Waals surface area contributed by atoms with Crippen molar-refractivity contribution in [2.75, 3.05) is 7.05 Å². The van der Waals surface area contributed by atoms with Crippen LogP contribution < -0.4 is 0 Å². The zero-order valence-corrected chi connectivity index (χ0v) is 18.3. The van der Waals surface area contributed by atoms with Gasteiger partial charge in [-0.25, -0.2) is 9.59 Å². The lowest BCUT2D eigenvalue weighted by molar-refractivity contribution is -0.384. The van der Waals surface area contributed by atoms with E-state index in [0.717, 1.165) is 5.56 Å². The second-order valence-corrected chi connectivity index (χ2v) is 7.79. The first-order valence-corrected chi connectivity index (χ1v) is 10.3. The summed E-state index contributed by atoms with van der Waals surface area (Å²) < 4.78 is 11.1. The van der Waals surface area contributed by atoms with Crippen molar-refractivity contribution in [1.29, 1.82) is 0 Å². The molecule has 2 bridgehead atoms. The van der Waals surface area contributed by atoms with Crippen LogP contribution in [0.3, 0.4) is 0 Å². The van der Waals surface area contributed by atoms with E-state index in [4.69, 9.17) is 9.47 Å². The summed E-state index contributed by atoms with van der Waals surface area (Å²) in [5.41, 5.74) is 2.83. The van der Waals surface area contributed by atoms with Crippen molar-refractivity contribution in [2.45, 2.75) is 26.1 Å². The van der Waals surface area contributed by atoms with Crippen LogP contribution in [0.2, 0.25) is 0 Å². The molecule has 2 aromatic rings. The molecule has 0 atom stereocenters. The summed E-state index contributed by atoms with van der Waals surface area (Å²) in [5.74, 6) is -2.16. The first kappa shape index (κ1) is 22.0. The van der Waals surface area contributed by atoms with E-state index in [-0.39, 0.29) is 16.8 Å². The van der Waals surface area contributed by atoms with Gasteiger partial charge in [0.15, 0.2) is 0 Å². The van der Waals surface area contributed by atoms with E-state index < -0.39 is 29.1 Å². The molecule has 1 fully saturated rings. The third-order valence-electron chi connectivity index (χ3n) is 5.91. The number of carbonyl (C=O) groups excluding carboxylic acids is 2. The minimum atomic E-state index is -1.22. The Morgan fingerprint density at radius 1 is 0.939 bits per heavy atom. The van der Waals surface area contributed by atoms with Crippen LogP contribution in [0.4, 0.5) is 5.69 Å². The summed E-state index contributed by atoms with van der Waals surface area (Å²) in [7, 11) is 1.74. The molecule has 33 heavy (non-hydrogen) atoms. The number of hydrogen-bond donors (Lipinski definition) is 0. The largest absolute Gasteiger partial charge is 0.418 e. The van der Waals surface area contributed by atoms with Gasteiger partial charge in [-0.3, -0.25) is 10.1 Å². The minimum Gasteiger partial charge on any atom is -0.418 e. The molecule has 0 radical (unpaired) electrons. The highest BCUT2D eigenvalue weighted by atomic mass is 16.7. The number of nitro groups is 1. The molecule has 0 saturated carbocycles. The number of carbonyl (C=O) groups is 2. The van der Waals surface area contributed by atoms with Crippen LogP contribution >= 0.6 is 0 Å². The Labute approximate surface area is 190 Å². The van der Waals surface area contributed by atoms with E-state index in [2.05, 4.69) is 0 Å². The Morgan fingerprint density at radius 3 is 2.12 bits per heavy atom. The number of nitrogens with zero attached hydrogens (tertiary/aromatic N) is 2. The maximum absolute atomic E-state index is 13.3. The quantitative estimate of drug-likeness (QED) is 0.392. The van der Waals surface area contributed by atoms with E-state index in [9.17, 15) is 19.7 Å². The highest BCUT2D eigenvalue weighted by Gasteiger charge is 2.43. The van der Waals surface area contributed by atoms with Crippen LogP contribution in [0.5, 0.6) is 0 Å². The summed E-state index contributed by atoms with van der Waals surface area (Å²) in [4.78, 5) is 39.1. The van der Waals surface area contributed by atoms with E-state index in [1.54, 1.807) is 37.9 Å². The Morgan fingerprint density at radius 2 is 1.55 bits per heavy atom. The van der Waals surface area contributed by atoms with Gasteiger partial charge in [-0.15, -0.1) is 0 Å². The minimum absolute atomic E-state index is 0.136. The summed E-state index contributed by atoms with van der Waals surface area (Å²) in [6, 6.07) is 15.2. The number of esters is 2. The van der Waals surface area contributed by atoms with E-state index >= 15 is 0 Å². The lowest BCUT2D eigenvalue weighted by Gasteiger charge is -2.37. The van der Waals surface area contributed by atoms with Crippen LogP contribution in [0, 0.1) is 10.1 Å². The van der Waals surface area contributed by atoms with Crippen molar-refractivity contribution in [3.63, 3.8) is 0 Å². The number of benzene rings is 2. The number of non-ortho nitro benzene ring substituents is 1. The molecule has 2 aromatic carbocycles. The van der Waals surface area contributed by atoms with Crippen molar-refractivity contribution in [1.82, 2.24) is 4.90 Å². The predicted molar refractivity (Wildman–Crippen MR) is 120 cm³/mol. The van der Waals surface area contributed by atoms with Gasteiger partial charge < -0.3 is 14.4 Å². The first-order valence-electron chi connectivity index (χ1n) is 10.3. The molecule has 0 amide bonds. The van der Waals surface area contributed by atoms with Crippen LogP contribution in [0.15, 0.2) is 83.2 Å². The van der Waals surface area contributed by atoms with Crippen molar-refractivity contribution in [3.05, 3.63) is 104 Å². The molecule has 1 saturated heterocycles. The SMILES string of the molecule is CC1=C2C(=O)OC(C=Cc3ccccc3)OC(=O)C(=C(C)N1C)C2c1cccc([N+](=O)[O-])c1. The molecule has 8 heteroatoms. The number of fused-ring (bicyclic) bond motifs is 2. The maximum atomic E-state index is 13.3. The van der Waals surface area contributed by atoms with Gasteiger partial charge in [-0.1, -0.05) is 48.5 Å². The Balaban J connectivity index is 1.79. The highest BCUT2D eigenvalue weighted by molar-refractivity contribution is 6.01. The van der Waals surface area contributed by atoms with Crippen molar-refractivity contribution in [2.24, 2.45) is 0 Å². The lowest BCUT2D eigenvalue weighted by atomic mass is 9.79. The number of ether oxygens (including phenoxy) is 2. The molecular formula is C25H22N2O6. The maximum Gasteiger partial charge on any atom is 0.340 e. The van der Waals surface area contributed by atoms with E-state index in [0.29, 0.717) is 17.0 Å². The normalized spacial score (nSPS) is 21.0. The number of nitro benzene ring substituents is 1. The summed E-state index contributed by atoms with van der Waals surface area (Å²) in [5, 5.41) is 11.3. The average Bonchev–Trinajstić information content (AvgIpc) is 2.80. The fourth-order valence-electron chi connectivity index (χ4n) is 4.05. The zero-order chi connectivity index (χ0) is 23.7. The summed E-state index contributed by atoms with van der Waals surface area (Å²) >= 11 is 0. The average molecular weight is 446 g/mol. The number of hydrogen-bond acceptors (Lipinski definition) is 7. The van der Waals surface area contributed by atoms with Crippen molar-refractivity contribution in [3.8, 4) is 0 Å². The lowest BCUT2D eigenvalue weighted by Crippen LogP contribution is -2.38. The van der Waals surface area contributed by atoms with Gasteiger partial charge in [0.2, 0.25) is 0 Å². The number of rotatable bonds is 4. The molecule has 8 nitrogen and oxygen atoms in total. The molecule has 168 valence electrons. The highest BCUT2D eigenvalue weighted by Crippen LogP contribution is 2.44. The van der Waals surface area contributed by atoms with Gasteiger partial charge >= 0.3 is 11.9 Å². The van der Waals surface area contributed by atoms with E-state index in [1.165, 1.54) is 24.3 Å². The molecule has 2 aliphatic rings. The molecule has 0 unspecified atom stereocenters. The smallest absolute Gasteiger partial charge is 0.340 e. The molecule has 0 spiro atoms. The monoisotopic (exact) mass is 446 g/mol. The van der Waals surface area contributed by atoms with Gasteiger partial charge in [-0.2, -0.15) is 0 Å². The van der Waals surface area contributed by atoms with Crippen LogP contribution in [0.1, 0.15) is 30.9 Å². The van der Waals surface area contributed by atoms with Crippen molar-refractivity contribution < 1.29 is 24.0 Å². The van der Waals surface area contributed by atoms with Crippen molar-refractivity contribution >= 4 is 23.7 Å². The molecule has 0 N–H and O–H groups in total. The molecule has 2 heterocycles. The molecular weight excluding hydrogens is 424 g/mol. The van der Waals surface area contributed by atoms with Crippen LogP contribution in [-0.2, 0) is 19.1 Å². The Hall–Kier alpha value is -4.20. The summed E-state index contributed by atoms with van der Waals surface area (Å²) in [6.07, 6.45) is 1.99. The third kappa shape index (κ3) is 4.15.